The van der Waals surface area contributed by atoms with Gasteiger partial charge in [-0.1, -0.05) is 0 Å². The van der Waals surface area contributed by atoms with Crippen molar-refractivity contribution >= 4 is 10.1 Å². The van der Waals surface area contributed by atoms with Gasteiger partial charge in [-0.25, -0.2) is 0 Å². The van der Waals surface area contributed by atoms with Gasteiger partial charge in [0.05, 0.1) is 6.26 Å². The second-order valence-corrected chi connectivity index (χ2v) is 3.27. The Morgan fingerprint density at radius 1 is 1.38 bits per heavy atom. The van der Waals surface area contributed by atoms with E-state index in [0.717, 1.165) is 6.26 Å². The van der Waals surface area contributed by atoms with E-state index < -0.39 is 10.1 Å². The van der Waals surface area contributed by atoms with Crippen LogP contribution < -0.4 is 0 Å². The maximum Gasteiger partial charge on any atom is 0.265 e. The summed E-state index contributed by atoms with van der Waals surface area (Å²) in [5.41, 5.74) is 0. The monoisotopic (exact) mass is 137 g/mol. The minimum atomic E-state index is -3.26. The summed E-state index contributed by atoms with van der Waals surface area (Å²) in [6.07, 6.45) is 1.45. The second kappa shape index (κ2) is 2.46. The summed E-state index contributed by atoms with van der Waals surface area (Å²) < 4.78 is 24.7. The van der Waals surface area contributed by atoms with Gasteiger partial charge in [0.2, 0.25) is 0 Å². The van der Waals surface area contributed by atoms with Crippen molar-refractivity contribution in [1.82, 2.24) is 0 Å². The molecule has 3 nitrogen and oxygen atoms in total. The Labute approximate surface area is 49.8 Å². The molecule has 0 aliphatic heterocycles. The Balaban J connectivity index is 3.75. The van der Waals surface area contributed by atoms with Gasteiger partial charge in [0, 0.05) is 0 Å². The topological polar surface area (TPSA) is 43.4 Å². The molecule has 0 fully saturated rings. The van der Waals surface area contributed by atoms with E-state index in [-0.39, 0.29) is 0 Å². The van der Waals surface area contributed by atoms with Crippen LogP contribution in [0, 0.1) is 6.10 Å². The fourth-order valence-electron chi connectivity index (χ4n) is 0.303. The second-order valence-electron chi connectivity index (χ2n) is 1.70. The van der Waals surface area contributed by atoms with Crippen molar-refractivity contribution < 1.29 is 12.6 Å². The molecule has 0 heterocycles. The highest BCUT2D eigenvalue weighted by Crippen LogP contribution is 2.01. The molecule has 0 N–H and O–H groups in total. The zero-order valence-corrected chi connectivity index (χ0v) is 5.95. The molecule has 0 rings (SSSR count). The lowest BCUT2D eigenvalue weighted by Gasteiger charge is -2.00. The SMILES string of the molecule is C[C](C)OS(C)(=O)=O. The highest BCUT2D eigenvalue weighted by Gasteiger charge is 2.03. The van der Waals surface area contributed by atoms with E-state index >= 15 is 0 Å². The molecule has 0 aromatic rings. The molecule has 1 radical (unpaired) electrons. The first-order valence-corrected chi connectivity index (χ1v) is 3.93. The molecule has 4 heteroatoms. The lowest BCUT2D eigenvalue weighted by atomic mass is 10.5. The van der Waals surface area contributed by atoms with E-state index in [4.69, 9.17) is 0 Å². The van der Waals surface area contributed by atoms with Crippen LogP contribution in [-0.2, 0) is 14.3 Å². The predicted octanol–water partition coefficient (Wildman–Crippen LogP) is 0.534. The van der Waals surface area contributed by atoms with E-state index in [1.165, 1.54) is 0 Å². The largest absolute Gasteiger partial charge is 0.265 e. The third-order valence-corrected chi connectivity index (χ3v) is 0.954. The average molecular weight is 137 g/mol. The molecule has 8 heavy (non-hydrogen) atoms. The van der Waals surface area contributed by atoms with Crippen LogP contribution in [0.15, 0.2) is 0 Å². The van der Waals surface area contributed by atoms with E-state index in [1.807, 2.05) is 0 Å². The quantitative estimate of drug-likeness (QED) is 0.521. The van der Waals surface area contributed by atoms with Crippen LogP contribution in [0.4, 0.5) is 0 Å². The normalized spacial score (nSPS) is 12.5. The molecular formula is C4H9O3S. The minimum Gasteiger partial charge on any atom is -0.261 e. The zero-order valence-electron chi connectivity index (χ0n) is 5.13. The fourth-order valence-corrected chi connectivity index (χ4v) is 0.908. The van der Waals surface area contributed by atoms with Crippen LogP contribution in [0.5, 0.6) is 0 Å². The molecule has 0 atom stereocenters. The molecule has 49 valence electrons. The number of rotatable bonds is 2. The van der Waals surface area contributed by atoms with Gasteiger partial charge in [0.15, 0.2) is 0 Å². The average Bonchev–Trinajstić information content (AvgIpc) is 1.21. The van der Waals surface area contributed by atoms with Crippen molar-refractivity contribution in [2.75, 3.05) is 6.26 Å². The molecule has 0 aromatic heterocycles. The lowest BCUT2D eigenvalue weighted by molar-refractivity contribution is 0.347. The number of hydrogen-bond acceptors (Lipinski definition) is 3. The first-order chi connectivity index (χ1) is 3.42. The maximum atomic E-state index is 10.2. The summed E-state index contributed by atoms with van der Waals surface area (Å²) in [5.74, 6) is 0. The first kappa shape index (κ1) is 7.91. The smallest absolute Gasteiger partial charge is 0.261 e. The van der Waals surface area contributed by atoms with Crippen LogP contribution in [0.3, 0.4) is 0 Å². The Kier molecular flexibility index (Phi) is 2.43. The van der Waals surface area contributed by atoms with Crippen molar-refractivity contribution in [1.29, 1.82) is 0 Å². The Morgan fingerprint density at radius 2 is 1.75 bits per heavy atom. The van der Waals surface area contributed by atoms with Crippen LogP contribution in [-0.4, -0.2) is 14.7 Å². The fraction of sp³-hybridized carbons (Fsp3) is 0.750. The van der Waals surface area contributed by atoms with Gasteiger partial charge in [-0.05, 0) is 13.8 Å². The summed E-state index contributed by atoms with van der Waals surface area (Å²) in [7, 11) is -3.26. The third-order valence-electron chi connectivity index (χ3n) is 0.318. The zero-order chi connectivity index (χ0) is 6.78. The van der Waals surface area contributed by atoms with E-state index in [1.54, 1.807) is 13.8 Å². The summed E-state index contributed by atoms with van der Waals surface area (Å²) in [4.78, 5) is 0. The molecule has 0 aromatic carbocycles. The first-order valence-electron chi connectivity index (χ1n) is 2.11. The maximum absolute atomic E-state index is 10.2. The molecule has 0 bridgehead atoms. The van der Waals surface area contributed by atoms with Gasteiger partial charge >= 0.3 is 0 Å². The summed E-state index contributed by atoms with van der Waals surface area (Å²) in [6, 6.07) is 0. The third kappa shape index (κ3) is 5.91. The van der Waals surface area contributed by atoms with Crippen LogP contribution in [0.25, 0.3) is 0 Å². The standard InChI is InChI=1S/C4H9O3S/c1-4(2)7-8(3,5)6/h1-3H3. The molecular weight excluding hydrogens is 128 g/mol. The van der Waals surface area contributed by atoms with Gasteiger partial charge < -0.3 is 0 Å². The van der Waals surface area contributed by atoms with Crippen molar-refractivity contribution in [3.8, 4) is 0 Å². The molecule has 0 saturated carbocycles. The van der Waals surface area contributed by atoms with Crippen molar-refractivity contribution in [3.63, 3.8) is 0 Å². The van der Waals surface area contributed by atoms with E-state index in [2.05, 4.69) is 4.18 Å². The minimum absolute atomic E-state index is 0.438. The van der Waals surface area contributed by atoms with Gasteiger partial charge in [0.1, 0.15) is 6.10 Å². The van der Waals surface area contributed by atoms with Gasteiger partial charge in [-0.15, -0.1) is 0 Å². The van der Waals surface area contributed by atoms with Gasteiger partial charge in [0.25, 0.3) is 10.1 Å². The lowest BCUT2D eigenvalue weighted by Crippen LogP contribution is -2.03. The van der Waals surface area contributed by atoms with Crippen LogP contribution in [0.1, 0.15) is 13.8 Å². The van der Waals surface area contributed by atoms with Crippen LogP contribution >= 0.6 is 0 Å². The molecule has 0 aliphatic carbocycles. The van der Waals surface area contributed by atoms with Gasteiger partial charge in [-0.2, -0.15) is 8.42 Å². The summed E-state index contributed by atoms with van der Waals surface area (Å²) in [6.45, 7) is 3.17. The van der Waals surface area contributed by atoms with Crippen molar-refractivity contribution in [3.05, 3.63) is 6.10 Å². The highest BCUT2D eigenvalue weighted by molar-refractivity contribution is 7.86. The Morgan fingerprint density at radius 3 is 1.75 bits per heavy atom. The molecule has 0 spiro atoms. The predicted molar refractivity (Wildman–Crippen MR) is 30.5 cm³/mol. The summed E-state index contributed by atoms with van der Waals surface area (Å²) >= 11 is 0. The van der Waals surface area contributed by atoms with Gasteiger partial charge in [-0.3, -0.25) is 4.18 Å². The highest BCUT2D eigenvalue weighted by atomic mass is 32.2. The van der Waals surface area contributed by atoms with Crippen LogP contribution in [0.2, 0.25) is 0 Å². The number of hydrogen-bond donors (Lipinski definition) is 0. The molecule has 0 amide bonds. The molecule has 0 aliphatic rings. The van der Waals surface area contributed by atoms with E-state index in [0.29, 0.717) is 6.10 Å². The summed E-state index contributed by atoms with van der Waals surface area (Å²) in [5, 5.41) is 0. The van der Waals surface area contributed by atoms with Crippen molar-refractivity contribution in [2.45, 2.75) is 13.8 Å². The Bertz CT molecular complexity index is 145. The molecule has 0 saturated heterocycles. The molecule has 0 unspecified atom stereocenters. The van der Waals surface area contributed by atoms with E-state index in [9.17, 15) is 8.42 Å². The van der Waals surface area contributed by atoms with Crippen molar-refractivity contribution in [2.24, 2.45) is 0 Å². The Hall–Kier alpha value is -0.0900.